The molecule has 0 aliphatic heterocycles. The lowest BCUT2D eigenvalue weighted by Gasteiger charge is -2.22. The third-order valence-corrected chi connectivity index (χ3v) is 3.50. The highest BCUT2D eigenvalue weighted by Gasteiger charge is 2.19. The molecule has 0 aromatic carbocycles. The van der Waals surface area contributed by atoms with Gasteiger partial charge in [0.2, 0.25) is 5.91 Å². The first kappa shape index (κ1) is 13.2. The van der Waals surface area contributed by atoms with Crippen LogP contribution in [0.4, 0.5) is 0 Å². The minimum Gasteiger partial charge on any atom is -0.340 e. The van der Waals surface area contributed by atoms with Gasteiger partial charge in [0.25, 0.3) is 0 Å². The van der Waals surface area contributed by atoms with Crippen LogP contribution in [-0.2, 0) is 11.3 Å². The Kier molecular flexibility index (Phi) is 5.49. The second kappa shape index (κ2) is 6.66. The van der Waals surface area contributed by atoms with Crippen molar-refractivity contribution in [3.63, 3.8) is 0 Å². The summed E-state index contributed by atoms with van der Waals surface area (Å²) >= 11 is 1.69. The number of carbonyl (C=O) groups excluding carboxylic acids is 1. The van der Waals surface area contributed by atoms with E-state index in [4.69, 9.17) is 0 Å². The van der Waals surface area contributed by atoms with Gasteiger partial charge in [0.1, 0.15) is 0 Å². The molecule has 0 fully saturated rings. The molecular formula is C12H20N2OS. The Labute approximate surface area is 101 Å². The van der Waals surface area contributed by atoms with Gasteiger partial charge < -0.3 is 10.2 Å². The Hall–Kier alpha value is -0.870. The molecule has 0 bridgehead atoms. The van der Waals surface area contributed by atoms with Crippen molar-refractivity contribution in [2.45, 2.75) is 19.9 Å². The monoisotopic (exact) mass is 240 g/mol. The Bertz CT molecular complexity index is 311. The molecule has 1 rings (SSSR count). The number of rotatable bonds is 6. The van der Waals surface area contributed by atoms with E-state index in [0.29, 0.717) is 0 Å². The van der Waals surface area contributed by atoms with Crippen LogP contribution in [0, 0.1) is 5.92 Å². The van der Waals surface area contributed by atoms with Gasteiger partial charge in [-0.2, -0.15) is 0 Å². The smallest absolute Gasteiger partial charge is 0.227 e. The molecule has 1 aromatic rings. The van der Waals surface area contributed by atoms with Crippen LogP contribution >= 0.6 is 11.3 Å². The Morgan fingerprint density at radius 2 is 2.38 bits per heavy atom. The highest BCUT2D eigenvalue weighted by atomic mass is 32.1. The lowest BCUT2D eigenvalue weighted by Crippen LogP contribution is -2.36. The Morgan fingerprint density at radius 3 is 2.88 bits per heavy atom. The van der Waals surface area contributed by atoms with Crippen molar-refractivity contribution in [3.8, 4) is 0 Å². The van der Waals surface area contributed by atoms with Gasteiger partial charge in [-0.3, -0.25) is 4.79 Å². The predicted molar refractivity (Wildman–Crippen MR) is 68.5 cm³/mol. The minimum absolute atomic E-state index is 0.0926. The quantitative estimate of drug-likeness (QED) is 0.824. The highest BCUT2D eigenvalue weighted by molar-refractivity contribution is 7.09. The molecule has 0 spiro atoms. The molecule has 1 heterocycles. The predicted octanol–water partition coefficient (Wildman–Crippen LogP) is 1.95. The SMILES string of the molecule is CCC(CNC)C(=O)N(C)Cc1cccs1. The molecule has 90 valence electrons. The van der Waals surface area contributed by atoms with E-state index in [2.05, 4.69) is 18.3 Å². The second-order valence-corrected chi connectivity index (χ2v) is 4.97. The van der Waals surface area contributed by atoms with Crippen LogP contribution in [0.25, 0.3) is 0 Å². The third-order valence-electron chi connectivity index (χ3n) is 2.64. The topological polar surface area (TPSA) is 32.3 Å². The van der Waals surface area contributed by atoms with Crippen molar-refractivity contribution in [1.82, 2.24) is 10.2 Å². The summed E-state index contributed by atoms with van der Waals surface area (Å²) < 4.78 is 0. The number of hydrogen-bond donors (Lipinski definition) is 1. The minimum atomic E-state index is 0.0926. The van der Waals surface area contributed by atoms with Crippen molar-refractivity contribution >= 4 is 17.2 Å². The summed E-state index contributed by atoms with van der Waals surface area (Å²) in [6.45, 7) is 3.53. The molecule has 0 aliphatic carbocycles. The fourth-order valence-corrected chi connectivity index (χ4v) is 2.44. The van der Waals surface area contributed by atoms with Crippen LogP contribution in [0.5, 0.6) is 0 Å². The zero-order valence-corrected chi connectivity index (χ0v) is 11.0. The van der Waals surface area contributed by atoms with E-state index in [1.54, 1.807) is 11.3 Å². The van der Waals surface area contributed by atoms with E-state index in [0.717, 1.165) is 19.5 Å². The van der Waals surface area contributed by atoms with Crippen LogP contribution < -0.4 is 5.32 Å². The van der Waals surface area contributed by atoms with Gasteiger partial charge in [-0.15, -0.1) is 11.3 Å². The summed E-state index contributed by atoms with van der Waals surface area (Å²) in [4.78, 5) is 15.1. The molecule has 1 unspecified atom stereocenters. The van der Waals surface area contributed by atoms with E-state index in [1.165, 1.54) is 4.88 Å². The van der Waals surface area contributed by atoms with E-state index in [9.17, 15) is 4.79 Å². The Morgan fingerprint density at radius 1 is 1.62 bits per heavy atom. The van der Waals surface area contributed by atoms with Gasteiger partial charge in [0.15, 0.2) is 0 Å². The average molecular weight is 240 g/mol. The largest absolute Gasteiger partial charge is 0.340 e. The third kappa shape index (κ3) is 3.61. The lowest BCUT2D eigenvalue weighted by atomic mass is 10.1. The van der Waals surface area contributed by atoms with E-state index in [-0.39, 0.29) is 11.8 Å². The molecule has 3 nitrogen and oxygen atoms in total. The van der Waals surface area contributed by atoms with E-state index in [1.807, 2.05) is 30.4 Å². The van der Waals surface area contributed by atoms with Crippen LogP contribution in [0.2, 0.25) is 0 Å². The fraction of sp³-hybridized carbons (Fsp3) is 0.583. The molecule has 4 heteroatoms. The summed E-state index contributed by atoms with van der Waals surface area (Å²) in [6.07, 6.45) is 0.883. The summed E-state index contributed by atoms with van der Waals surface area (Å²) in [6, 6.07) is 4.08. The van der Waals surface area contributed by atoms with Crippen LogP contribution in [-0.4, -0.2) is 31.4 Å². The summed E-state index contributed by atoms with van der Waals surface area (Å²) in [5.41, 5.74) is 0. The first-order chi connectivity index (χ1) is 7.69. The van der Waals surface area contributed by atoms with E-state index >= 15 is 0 Å². The molecule has 1 amide bonds. The van der Waals surface area contributed by atoms with Crippen molar-refractivity contribution in [2.24, 2.45) is 5.92 Å². The van der Waals surface area contributed by atoms with Gasteiger partial charge in [-0.05, 0) is 24.9 Å². The number of carbonyl (C=O) groups is 1. The van der Waals surface area contributed by atoms with Crippen molar-refractivity contribution in [1.29, 1.82) is 0 Å². The molecular weight excluding hydrogens is 220 g/mol. The fourth-order valence-electron chi connectivity index (χ4n) is 1.68. The summed E-state index contributed by atoms with van der Waals surface area (Å²) in [5, 5.41) is 5.11. The molecule has 1 atom stereocenters. The number of amides is 1. The van der Waals surface area contributed by atoms with Gasteiger partial charge in [-0.1, -0.05) is 13.0 Å². The first-order valence-corrected chi connectivity index (χ1v) is 6.49. The van der Waals surface area contributed by atoms with Gasteiger partial charge in [-0.25, -0.2) is 0 Å². The van der Waals surface area contributed by atoms with Gasteiger partial charge >= 0.3 is 0 Å². The van der Waals surface area contributed by atoms with Gasteiger partial charge in [0, 0.05) is 18.5 Å². The maximum absolute atomic E-state index is 12.1. The van der Waals surface area contributed by atoms with Crippen LogP contribution in [0.1, 0.15) is 18.2 Å². The second-order valence-electron chi connectivity index (χ2n) is 3.94. The van der Waals surface area contributed by atoms with Crippen LogP contribution in [0.3, 0.4) is 0 Å². The normalized spacial score (nSPS) is 12.4. The molecule has 0 saturated carbocycles. The zero-order valence-electron chi connectivity index (χ0n) is 10.2. The van der Waals surface area contributed by atoms with E-state index < -0.39 is 0 Å². The standard InChI is InChI=1S/C12H20N2OS/c1-4-10(8-13-2)12(15)14(3)9-11-6-5-7-16-11/h5-7,10,13H,4,8-9H2,1-3H3. The van der Waals surface area contributed by atoms with Gasteiger partial charge in [0.05, 0.1) is 12.5 Å². The average Bonchev–Trinajstić information content (AvgIpc) is 2.77. The van der Waals surface area contributed by atoms with Crippen molar-refractivity contribution < 1.29 is 4.79 Å². The Balaban J connectivity index is 2.52. The highest BCUT2D eigenvalue weighted by Crippen LogP contribution is 2.13. The van der Waals surface area contributed by atoms with Crippen molar-refractivity contribution in [2.75, 3.05) is 20.6 Å². The summed E-state index contributed by atoms with van der Waals surface area (Å²) in [5.74, 6) is 0.320. The number of thiophene rings is 1. The number of hydrogen-bond acceptors (Lipinski definition) is 3. The maximum atomic E-state index is 12.1. The molecule has 1 N–H and O–H groups in total. The first-order valence-electron chi connectivity index (χ1n) is 5.61. The zero-order chi connectivity index (χ0) is 12.0. The van der Waals surface area contributed by atoms with Crippen molar-refractivity contribution in [3.05, 3.63) is 22.4 Å². The maximum Gasteiger partial charge on any atom is 0.227 e. The molecule has 1 aromatic heterocycles. The van der Waals surface area contributed by atoms with Crippen LogP contribution in [0.15, 0.2) is 17.5 Å². The summed E-state index contributed by atoms with van der Waals surface area (Å²) in [7, 11) is 3.76. The number of nitrogens with one attached hydrogen (secondary N) is 1. The lowest BCUT2D eigenvalue weighted by molar-refractivity contribution is -0.134. The molecule has 0 radical (unpaired) electrons. The number of nitrogens with zero attached hydrogens (tertiary/aromatic N) is 1. The molecule has 0 saturated heterocycles. The molecule has 0 aliphatic rings. The molecule has 16 heavy (non-hydrogen) atoms.